The second-order valence-electron chi connectivity index (χ2n) is 4.16. The molecule has 0 aliphatic heterocycles. The number of nitrogens with zero attached hydrogens (tertiary/aromatic N) is 2. The molecular weight excluding hydrogens is 281 g/mol. The Morgan fingerprint density at radius 1 is 1.35 bits per heavy atom. The van der Waals surface area contributed by atoms with Crippen LogP contribution in [-0.2, 0) is 0 Å². The van der Waals surface area contributed by atoms with Crippen molar-refractivity contribution in [3.63, 3.8) is 0 Å². The summed E-state index contributed by atoms with van der Waals surface area (Å²) in [5.41, 5.74) is 1.14. The lowest BCUT2D eigenvalue weighted by molar-refractivity contribution is 0.414. The van der Waals surface area contributed by atoms with Crippen molar-refractivity contribution in [3.8, 4) is 17.0 Å². The van der Waals surface area contributed by atoms with Crippen molar-refractivity contribution in [1.29, 1.82) is 0 Å². The number of aromatic nitrogens is 2. The highest BCUT2D eigenvalue weighted by Crippen LogP contribution is 2.36. The van der Waals surface area contributed by atoms with E-state index in [1.807, 2.05) is 0 Å². The molecule has 2 aromatic rings. The van der Waals surface area contributed by atoms with Gasteiger partial charge in [-0.3, -0.25) is 0 Å². The van der Waals surface area contributed by atoms with Gasteiger partial charge in [-0.05, 0) is 24.6 Å². The van der Waals surface area contributed by atoms with E-state index in [2.05, 4.69) is 22.2 Å². The van der Waals surface area contributed by atoms with Crippen LogP contribution in [0.2, 0.25) is 5.02 Å². The zero-order chi connectivity index (χ0) is 14.5. The second kappa shape index (κ2) is 6.52. The minimum absolute atomic E-state index is 0.281. The Balaban J connectivity index is 2.50. The molecule has 0 bridgehead atoms. The van der Waals surface area contributed by atoms with Gasteiger partial charge in [0.15, 0.2) is 11.6 Å². The number of hydrogen-bond donors (Lipinski definition) is 1. The standard InChI is InChI=1S/C14H15ClFN3O/c1-3-6-17-14-13(20-2)12(18-8-19-14)10-5-4-9(16)7-11(10)15/h4-5,7-8H,3,6H2,1-2H3,(H,17,18,19). The predicted octanol–water partition coefficient (Wildman–Crippen LogP) is 3.77. The van der Waals surface area contributed by atoms with Gasteiger partial charge in [-0.15, -0.1) is 0 Å². The van der Waals surface area contributed by atoms with Crippen LogP contribution in [-0.4, -0.2) is 23.6 Å². The van der Waals surface area contributed by atoms with Crippen LogP contribution in [0, 0.1) is 5.82 Å². The third kappa shape index (κ3) is 2.99. The van der Waals surface area contributed by atoms with Crippen LogP contribution in [0.25, 0.3) is 11.3 Å². The van der Waals surface area contributed by atoms with Crippen LogP contribution in [0.5, 0.6) is 5.75 Å². The van der Waals surface area contributed by atoms with Gasteiger partial charge in [0.25, 0.3) is 0 Å². The van der Waals surface area contributed by atoms with Crippen molar-refractivity contribution in [2.24, 2.45) is 0 Å². The number of methoxy groups -OCH3 is 1. The summed E-state index contributed by atoms with van der Waals surface area (Å²) in [6.07, 6.45) is 2.38. The van der Waals surface area contributed by atoms with E-state index in [1.54, 1.807) is 6.07 Å². The summed E-state index contributed by atoms with van der Waals surface area (Å²) in [7, 11) is 1.54. The van der Waals surface area contributed by atoms with Crippen LogP contribution in [0.15, 0.2) is 24.5 Å². The number of halogens is 2. The summed E-state index contributed by atoms with van der Waals surface area (Å²) in [6, 6.07) is 4.16. The van der Waals surface area contributed by atoms with Gasteiger partial charge in [0.05, 0.1) is 12.1 Å². The van der Waals surface area contributed by atoms with Crippen LogP contribution in [0.4, 0.5) is 10.2 Å². The van der Waals surface area contributed by atoms with E-state index in [0.29, 0.717) is 22.8 Å². The summed E-state index contributed by atoms with van der Waals surface area (Å²) in [5.74, 6) is 0.699. The van der Waals surface area contributed by atoms with Crippen LogP contribution in [0.1, 0.15) is 13.3 Å². The van der Waals surface area contributed by atoms with E-state index in [0.717, 1.165) is 13.0 Å². The van der Waals surface area contributed by atoms with Crippen molar-refractivity contribution in [1.82, 2.24) is 9.97 Å². The molecule has 0 saturated carbocycles. The van der Waals surface area contributed by atoms with Gasteiger partial charge >= 0.3 is 0 Å². The Morgan fingerprint density at radius 3 is 2.80 bits per heavy atom. The summed E-state index contributed by atoms with van der Waals surface area (Å²) in [6.45, 7) is 2.82. The first-order valence-corrected chi connectivity index (χ1v) is 6.63. The summed E-state index contributed by atoms with van der Waals surface area (Å²) in [5, 5.41) is 3.44. The Morgan fingerprint density at radius 2 is 2.15 bits per heavy atom. The Hall–Kier alpha value is -1.88. The highest BCUT2D eigenvalue weighted by atomic mass is 35.5. The Bertz CT molecular complexity index is 607. The number of anilines is 1. The molecule has 1 aromatic carbocycles. The average molecular weight is 296 g/mol. The van der Waals surface area contributed by atoms with E-state index in [9.17, 15) is 4.39 Å². The highest BCUT2D eigenvalue weighted by molar-refractivity contribution is 6.33. The van der Waals surface area contributed by atoms with Crippen molar-refractivity contribution in [2.45, 2.75) is 13.3 Å². The minimum Gasteiger partial charge on any atom is -0.491 e. The zero-order valence-corrected chi connectivity index (χ0v) is 12.0. The normalized spacial score (nSPS) is 10.4. The van der Waals surface area contributed by atoms with E-state index < -0.39 is 5.82 Å². The third-order valence-corrected chi connectivity index (χ3v) is 3.05. The average Bonchev–Trinajstić information content (AvgIpc) is 2.44. The number of rotatable bonds is 5. The van der Waals surface area contributed by atoms with Gasteiger partial charge in [-0.2, -0.15) is 0 Å². The van der Waals surface area contributed by atoms with Crippen molar-refractivity contribution >= 4 is 17.4 Å². The lowest BCUT2D eigenvalue weighted by Gasteiger charge is -2.13. The van der Waals surface area contributed by atoms with Crippen molar-refractivity contribution in [3.05, 3.63) is 35.4 Å². The molecule has 0 atom stereocenters. The SMILES string of the molecule is CCCNc1ncnc(-c2ccc(F)cc2Cl)c1OC. The second-order valence-corrected chi connectivity index (χ2v) is 4.56. The Labute approximate surface area is 122 Å². The maximum atomic E-state index is 13.1. The fourth-order valence-corrected chi connectivity index (χ4v) is 2.07. The summed E-state index contributed by atoms with van der Waals surface area (Å²) < 4.78 is 18.5. The number of nitrogens with one attached hydrogen (secondary N) is 1. The first kappa shape index (κ1) is 14.5. The van der Waals surface area contributed by atoms with Gasteiger partial charge in [-0.1, -0.05) is 18.5 Å². The maximum Gasteiger partial charge on any atom is 0.187 e. The van der Waals surface area contributed by atoms with Crippen LogP contribution in [0.3, 0.4) is 0 Å². The molecule has 20 heavy (non-hydrogen) atoms. The molecule has 0 saturated heterocycles. The largest absolute Gasteiger partial charge is 0.491 e. The molecule has 0 radical (unpaired) electrons. The molecule has 1 aromatic heterocycles. The van der Waals surface area contributed by atoms with Crippen molar-refractivity contribution < 1.29 is 9.13 Å². The Kier molecular flexibility index (Phi) is 4.74. The molecule has 0 fully saturated rings. The number of benzene rings is 1. The van der Waals surface area contributed by atoms with E-state index in [4.69, 9.17) is 16.3 Å². The van der Waals surface area contributed by atoms with Gasteiger partial charge in [0.1, 0.15) is 17.8 Å². The molecule has 0 aliphatic carbocycles. The smallest absolute Gasteiger partial charge is 0.187 e. The van der Waals surface area contributed by atoms with E-state index >= 15 is 0 Å². The monoisotopic (exact) mass is 295 g/mol. The maximum absolute atomic E-state index is 13.1. The molecule has 1 N–H and O–H groups in total. The molecule has 106 valence electrons. The van der Waals surface area contributed by atoms with Gasteiger partial charge in [-0.25, -0.2) is 14.4 Å². The number of ether oxygens (including phenoxy) is 1. The molecule has 0 spiro atoms. The molecule has 0 aliphatic rings. The lowest BCUT2D eigenvalue weighted by atomic mass is 10.1. The van der Waals surface area contributed by atoms with Gasteiger partial charge in [0.2, 0.25) is 0 Å². The fourth-order valence-electron chi connectivity index (χ4n) is 1.81. The fraction of sp³-hybridized carbons (Fsp3) is 0.286. The van der Waals surface area contributed by atoms with Crippen LogP contribution < -0.4 is 10.1 Å². The topological polar surface area (TPSA) is 47.0 Å². The minimum atomic E-state index is -0.392. The van der Waals surface area contributed by atoms with Gasteiger partial charge in [0, 0.05) is 12.1 Å². The molecule has 1 heterocycles. The number of hydrogen-bond acceptors (Lipinski definition) is 4. The van der Waals surface area contributed by atoms with Gasteiger partial charge < -0.3 is 10.1 Å². The molecule has 4 nitrogen and oxygen atoms in total. The van der Waals surface area contributed by atoms with E-state index in [1.165, 1.54) is 25.6 Å². The molecule has 0 amide bonds. The first-order chi connectivity index (χ1) is 9.67. The molecule has 0 unspecified atom stereocenters. The molecule has 6 heteroatoms. The lowest BCUT2D eigenvalue weighted by Crippen LogP contribution is -2.06. The summed E-state index contributed by atoms with van der Waals surface area (Å²) >= 11 is 6.07. The highest BCUT2D eigenvalue weighted by Gasteiger charge is 2.16. The van der Waals surface area contributed by atoms with E-state index in [-0.39, 0.29) is 5.02 Å². The summed E-state index contributed by atoms with van der Waals surface area (Å²) in [4.78, 5) is 8.35. The van der Waals surface area contributed by atoms with Crippen molar-refractivity contribution in [2.75, 3.05) is 19.0 Å². The quantitative estimate of drug-likeness (QED) is 0.912. The predicted molar refractivity (Wildman–Crippen MR) is 77.8 cm³/mol. The molecular formula is C14H15ClFN3O. The third-order valence-electron chi connectivity index (χ3n) is 2.74. The zero-order valence-electron chi connectivity index (χ0n) is 11.3. The first-order valence-electron chi connectivity index (χ1n) is 6.25. The molecule has 2 rings (SSSR count). The van der Waals surface area contributed by atoms with Crippen LogP contribution >= 0.6 is 11.6 Å².